The van der Waals surface area contributed by atoms with Crippen molar-refractivity contribution in [1.29, 1.82) is 0 Å². The number of aromatic nitrogens is 2. The van der Waals surface area contributed by atoms with Crippen LogP contribution in [0.25, 0.3) is 15.9 Å². The van der Waals surface area contributed by atoms with Crippen LogP contribution in [0.4, 0.5) is 5.69 Å². The van der Waals surface area contributed by atoms with Gasteiger partial charge in [0.05, 0.1) is 16.8 Å². The van der Waals surface area contributed by atoms with Crippen molar-refractivity contribution < 1.29 is 14.3 Å². The predicted octanol–water partition coefficient (Wildman–Crippen LogP) is 4.22. The Labute approximate surface area is 185 Å². The SMILES string of the molecule is Cc1cc2c(=O)n(-c3ccccc3)c(SCC(=O)Nc3ccc4c(c3)OCO4)nc2s1. The van der Waals surface area contributed by atoms with E-state index in [2.05, 4.69) is 10.3 Å². The number of nitrogens with one attached hydrogen (secondary N) is 1. The normalized spacial score (nSPS) is 12.3. The third kappa shape index (κ3) is 3.89. The molecule has 9 heteroatoms. The third-order valence-electron chi connectivity index (χ3n) is 4.66. The zero-order valence-corrected chi connectivity index (χ0v) is 18.1. The summed E-state index contributed by atoms with van der Waals surface area (Å²) in [6.45, 7) is 2.13. The number of nitrogens with zero attached hydrogens (tertiary/aromatic N) is 2. The quantitative estimate of drug-likeness (QED) is 0.362. The van der Waals surface area contributed by atoms with Gasteiger partial charge in [0.25, 0.3) is 5.56 Å². The number of anilines is 1. The number of carbonyl (C=O) groups excluding carboxylic acids is 1. The highest BCUT2D eigenvalue weighted by Crippen LogP contribution is 2.34. The summed E-state index contributed by atoms with van der Waals surface area (Å²) < 4.78 is 12.2. The highest BCUT2D eigenvalue weighted by molar-refractivity contribution is 7.99. The molecular weight excluding hydrogens is 434 g/mol. The molecule has 2 aromatic heterocycles. The summed E-state index contributed by atoms with van der Waals surface area (Å²) in [4.78, 5) is 32.1. The van der Waals surface area contributed by atoms with E-state index in [4.69, 9.17) is 9.47 Å². The Morgan fingerprint density at radius 1 is 1.16 bits per heavy atom. The minimum atomic E-state index is -0.208. The van der Waals surface area contributed by atoms with Gasteiger partial charge in [0.1, 0.15) is 4.83 Å². The number of fused-ring (bicyclic) bond motifs is 2. The van der Waals surface area contributed by atoms with Crippen molar-refractivity contribution in [1.82, 2.24) is 9.55 Å². The number of thiophene rings is 1. The van der Waals surface area contributed by atoms with Crippen LogP contribution < -0.4 is 20.3 Å². The van der Waals surface area contributed by atoms with Gasteiger partial charge in [-0.05, 0) is 37.3 Å². The highest BCUT2D eigenvalue weighted by atomic mass is 32.2. The minimum Gasteiger partial charge on any atom is -0.454 e. The molecule has 0 saturated heterocycles. The van der Waals surface area contributed by atoms with E-state index in [0.29, 0.717) is 38.2 Å². The van der Waals surface area contributed by atoms with Crippen LogP contribution in [0.1, 0.15) is 4.88 Å². The number of rotatable bonds is 5. The Morgan fingerprint density at radius 3 is 2.81 bits per heavy atom. The zero-order valence-electron chi connectivity index (χ0n) is 16.5. The molecule has 0 saturated carbocycles. The first-order valence-electron chi connectivity index (χ1n) is 9.49. The summed E-state index contributed by atoms with van der Waals surface area (Å²) in [6, 6.07) is 16.4. The van der Waals surface area contributed by atoms with Crippen molar-refractivity contribution >= 4 is 44.9 Å². The first-order valence-corrected chi connectivity index (χ1v) is 11.3. The van der Waals surface area contributed by atoms with Crippen LogP contribution >= 0.6 is 23.1 Å². The average Bonchev–Trinajstić information content (AvgIpc) is 3.38. The Kier molecular flexibility index (Phi) is 5.13. The summed E-state index contributed by atoms with van der Waals surface area (Å²) in [7, 11) is 0. The molecule has 2 aromatic carbocycles. The van der Waals surface area contributed by atoms with Gasteiger partial charge in [-0.2, -0.15) is 0 Å². The number of thioether (sulfide) groups is 1. The van der Waals surface area contributed by atoms with Crippen molar-refractivity contribution in [2.75, 3.05) is 17.9 Å². The maximum absolute atomic E-state index is 13.2. The van der Waals surface area contributed by atoms with E-state index in [9.17, 15) is 9.59 Å². The molecule has 7 nitrogen and oxygen atoms in total. The second-order valence-electron chi connectivity index (χ2n) is 6.85. The highest BCUT2D eigenvalue weighted by Gasteiger charge is 2.17. The lowest BCUT2D eigenvalue weighted by Gasteiger charge is -2.12. The van der Waals surface area contributed by atoms with Crippen molar-refractivity contribution in [3.05, 3.63) is 69.8 Å². The summed E-state index contributed by atoms with van der Waals surface area (Å²) >= 11 is 2.69. The van der Waals surface area contributed by atoms with Crippen LogP contribution in [0, 0.1) is 6.92 Å². The fourth-order valence-corrected chi connectivity index (χ4v) is 5.02. The van der Waals surface area contributed by atoms with Crippen molar-refractivity contribution in [2.24, 2.45) is 0 Å². The number of aryl methyl sites for hydroxylation is 1. The lowest BCUT2D eigenvalue weighted by molar-refractivity contribution is -0.113. The van der Waals surface area contributed by atoms with Crippen LogP contribution in [0.3, 0.4) is 0 Å². The molecule has 156 valence electrons. The first kappa shape index (κ1) is 19.7. The standard InChI is InChI=1S/C22H17N3O4S2/c1-13-9-16-20(31-13)24-22(25(21(16)27)15-5-3-2-4-6-15)30-11-19(26)23-14-7-8-17-18(10-14)29-12-28-17/h2-10H,11-12H2,1H3,(H,23,26). The Bertz CT molecular complexity index is 1350. The van der Waals surface area contributed by atoms with E-state index >= 15 is 0 Å². The number of para-hydroxylation sites is 1. The van der Waals surface area contributed by atoms with Gasteiger partial charge in [-0.25, -0.2) is 4.98 Å². The number of ether oxygens (including phenoxy) is 2. The summed E-state index contributed by atoms with van der Waals surface area (Å²) in [5.74, 6) is 1.15. The lowest BCUT2D eigenvalue weighted by Crippen LogP contribution is -2.22. The Morgan fingerprint density at radius 2 is 1.97 bits per heavy atom. The molecule has 1 aliphatic rings. The van der Waals surface area contributed by atoms with Gasteiger partial charge in [-0.15, -0.1) is 11.3 Å². The number of hydrogen-bond donors (Lipinski definition) is 1. The summed E-state index contributed by atoms with van der Waals surface area (Å²) in [6.07, 6.45) is 0. The topological polar surface area (TPSA) is 82.5 Å². The monoisotopic (exact) mass is 451 g/mol. The molecular formula is C22H17N3O4S2. The molecule has 1 aliphatic heterocycles. The number of benzene rings is 2. The largest absolute Gasteiger partial charge is 0.454 e. The van der Waals surface area contributed by atoms with Crippen molar-refractivity contribution in [3.63, 3.8) is 0 Å². The average molecular weight is 452 g/mol. The van der Waals surface area contributed by atoms with Gasteiger partial charge in [-0.1, -0.05) is 30.0 Å². The zero-order chi connectivity index (χ0) is 21.4. The van der Waals surface area contributed by atoms with Crippen molar-refractivity contribution in [2.45, 2.75) is 12.1 Å². The van der Waals surface area contributed by atoms with Crippen LogP contribution in [0.5, 0.6) is 11.5 Å². The van der Waals surface area contributed by atoms with E-state index in [1.807, 2.05) is 43.3 Å². The molecule has 0 unspecified atom stereocenters. The smallest absolute Gasteiger partial charge is 0.267 e. The Hall–Kier alpha value is -3.30. The molecule has 5 rings (SSSR count). The number of amides is 1. The first-order chi connectivity index (χ1) is 15.1. The fourth-order valence-electron chi connectivity index (χ4n) is 3.29. The molecule has 0 aliphatic carbocycles. The van der Waals surface area contributed by atoms with Crippen LogP contribution in [-0.2, 0) is 4.79 Å². The minimum absolute atomic E-state index is 0.101. The molecule has 4 aromatic rings. The molecule has 0 atom stereocenters. The molecule has 0 radical (unpaired) electrons. The molecule has 3 heterocycles. The van der Waals surface area contributed by atoms with E-state index in [-0.39, 0.29) is 24.0 Å². The van der Waals surface area contributed by atoms with E-state index in [0.717, 1.165) is 4.88 Å². The molecule has 0 bridgehead atoms. The molecule has 0 spiro atoms. The Balaban J connectivity index is 1.42. The number of carbonyl (C=O) groups is 1. The molecule has 1 amide bonds. The number of hydrogen-bond acceptors (Lipinski definition) is 7. The van der Waals surface area contributed by atoms with Gasteiger partial charge >= 0.3 is 0 Å². The predicted molar refractivity (Wildman–Crippen MR) is 122 cm³/mol. The summed E-state index contributed by atoms with van der Waals surface area (Å²) in [5, 5.41) is 3.91. The maximum atomic E-state index is 13.2. The summed E-state index contributed by atoms with van der Waals surface area (Å²) in [5.41, 5.74) is 1.19. The molecule has 0 fully saturated rings. The second kappa shape index (κ2) is 8.09. The van der Waals surface area contributed by atoms with E-state index in [1.54, 1.807) is 22.8 Å². The second-order valence-corrected chi connectivity index (χ2v) is 9.03. The maximum Gasteiger partial charge on any atom is 0.267 e. The van der Waals surface area contributed by atoms with Crippen molar-refractivity contribution in [3.8, 4) is 17.2 Å². The lowest BCUT2D eigenvalue weighted by atomic mass is 10.3. The van der Waals surface area contributed by atoms with Crippen LogP contribution in [0.15, 0.2) is 64.5 Å². The van der Waals surface area contributed by atoms with Gasteiger partial charge in [0, 0.05) is 16.6 Å². The van der Waals surface area contributed by atoms with Crippen LogP contribution in [0.2, 0.25) is 0 Å². The van der Waals surface area contributed by atoms with Gasteiger partial charge < -0.3 is 14.8 Å². The third-order valence-corrected chi connectivity index (χ3v) is 6.54. The molecule has 1 N–H and O–H groups in total. The van der Waals surface area contributed by atoms with Gasteiger partial charge in [0.2, 0.25) is 12.7 Å². The molecule has 31 heavy (non-hydrogen) atoms. The van der Waals surface area contributed by atoms with Crippen LogP contribution in [-0.4, -0.2) is 28.0 Å². The van der Waals surface area contributed by atoms with Gasteiger partial charge in [-0.3, -0.25) is 14.2 Å². The van der Waals surface area contributed by atoms with E-state index in [1.165, 1.54) is 23.1 Å². The van der Waals surface area contributed by atoms with E-state index < -0.39 is 0 Å². The fraction of sp³-hybridized carbons (Fsp3) is 0.136. The van der Waals surface area contributed by atoms with Gasteiger partial charge in [0.15, 0.2) is 16.7 Å².